The highest BCUT2D eigenvalue weighted by atomic mass is 35.5. The van der Waals surface area contributed by atoms with E-state index in [1.807, 2.05) is 11.8 Å². The first-order valence-corrected chi connectivity index (χ1v) is 5.66. The van der Waals surface area contributed by atoms with E-state index in [2.05, 4.69) is 18.9 Å². The summed E-state index contributed by atoms with van der Waals surface area (Å²) in [6, 6.07) is 0. The molecule has 0 N–H and O–H groups in total. The third-order valence-corrected chi connectivity index (χ3v) is 3.97. The third-order valence-electron chi connectivity index (χ3n) is 2.06. The molecule has 0 bridgehead atoms. The molecule has 1 nitrogen and oxygen atoms in total. The minimum atomic E-state index is 0.399. The van der Waals surface area contributed by atoms with Crippen molar-refractivity contribution >= 4 is 23.4 Å². The molecule has 66 valence electrons. The Morgan fingerprint density at radius 3 is 3.00 bits per heavy atom. The number of nitrogens with zero attached hydrogens (tertiary/aromatic N) is 1. The maximum Gasteiger partial charge on any atom is 0.0479 e. The van der Waals surface area contributed by atoms with Crippen molar-refractivity contribution in [2.75, 3.05) is 25.9 Å². The monoisotopic (exact) mass is 193 g/mol. The lowest BCUT2D eigenvalue weighted by molar-refractivity contribution is 0.286. The van der Waals surface area contributed by atoms with E-state index in [1.165, 1.54) is 5.75 Å². The Labute approximate surface area is 78.5 Å². The van der Waals surface area contributed by atoms with E-state index in [-0.39, 0.29) is 0 Å². The van der Waals surface area contributed by atoms with Crippen LogP contribution in [-0.2, 0) is 0 Å². The summed E-state index contributed by atoms with van der Waals surface area (Å²) in [5, 5.41) is 1.05. The number of hydrogen-bond donors (Lipinski definition) is 0. The summed E-state index contributed by atoms with van der Waals surface area (Å²) >= 11 is 8.17. The standard InChI is InChI=1S/C8H16ClNS/c1-3-11-8-6-10(2)5-4-7(8)9/h7-8H,3-6H2,1-2H3. The Kier molecular flexibility index (Phi) is 4.04. The topological polar surface area (TPSA) is 3.24 Å². The molecule has 3 heteroatoms. The maximum atomic E-state index is 6.18. The molecular formula is C8H16ClNS. The predicted octanol–water partition coefficient (Wildman–Crippen LogP) is 2.05. The van der Waals surface area contributed by atoms with Gasteiger partial charge in [0.15, 0.2) is 0 Å². The number of thioether (sulfide) groups is 1. The van der Waals surface area contributed by atoms with Crippen LogP contribution in [0.1, 0.15) is 13.3 Å². The highest BCUT2D eigenvalue weighted by molar-refractivity contribution is 8.00. The molecule has 0 aromatic heterocycles. The van der Waals surface area contributed by atoms with Gasteiger partial charge in [0.05, 0.1) is 0 Å². The Hall–Kier alpha value is 0.600. The second-order valence-corrected chi connectivity index (χ2v) is 5.14. The molecule has 2 atom stereocenters. The average molecular weight is 194 g/mol. The van der Waals surface area contributed by atoms with Crippen LogP contribution in [0.4, 0.5) is 0 Å². The van der Waals surface area contributed by atoms with Crippen LogP contribution in [0.25, 0.3) is 0 Å². The van der Waals surface area contributed by atoms with Crippen LogP contribution in [-0.4, -0.2) is 41.4 Å². The third kappa shape index (κ3) is 2.85. The SMILES string of the molecule is CCSC1CN(C)CCC1Cl. The second kappa shape index (κ2) is 4.58. The zero-order chi connectivity index (χ0) is 8.27. The first-order valence-electron chi connectivity index (χ1n) is 4.18. The Bertz CT molecular complexity index is 121. The van der Waals surface area contributed by atoms with E-state index in [1.54, 1.807) is 0 Å². The minimum Gasteiger partial charge on any atom is -0.305 e. The fraction of sp³-hybridized carbons (Fsp3) is 1.00. The average Bonchev–Trinajstić information content (AvgIpc) is 1.98. The molecular weight excluding hydrogens is 178 g/mol. The number of hydrogen-bond acceptors (Lipinski definition) is 2. The summed E-state index contributed by atoms with van der Waals surface area (Å²) in [7, 11) is 2.17. The highest BCUT2D eigenvalue weighted by Gasteiger charge is 2.25. The van der Waals surface area contributed by atoms with Crippen LogP contribution in [0.5, 0.6) is 0 Å². The lowest BCUT2D eigenvalue weighted by atomic mass is 10.1. The zero-order valence-electron chi connectivity index (χ0n) is 7.22. The van der Waals surface area contributed by atoms with E-state index >= 15 is 0 Å². The van der Waals surface area contributed by atoms with Gasteiger partial charge in [0.25, 0.3) is 0 Å². The lowest BCUT2D eigenvalue weighted by Gasteiger charge is -2.32. The molecule has 0 saturated carbocycles. The molecule has 1 aliphatic heterocycles. The fourth-order valence-electron chi connectivity index (χ4n) is 1.41. The molecule has 1 fully saturated rings. The molecule has 1 aliphatic rings. The molecule has 0 aliphatic carbocycles. The summed E-state index contributed by atoms with van der Waals surface area (Å²) in [5.41, 5.74) is 0. The van der Waals surface area contributed by atoms with Gasteiger partial charge in [-0.1, -0.05) is 6.92 Å². The molecule has 1 rings (SSSR count). The van der Waals surface area contributed by atoms with Crippen LogP contribution in [0.2, 0.25) is 0 Å². The number of piperidine rings is 1. The van der Waals surface area contributed by atoms with Crippen molar-refractivity contribution < 1.29 is 0 Å². The number of likely N-dealkylation sites (tertiary alicyclic amines) is 1. The predicted molar refractivity (Wildman–Crippen MR) is 53.7 cm³/mol. The Morgan fingerprint density at radius 1 is 1.64 bits per heavy atom. The number of halogens is 1. The molecule has 1 heterocycles. The number of alkyl halides is 1. The molecule has 0 radical (unpaired) electrons. The van der Waals surface area contributed by atoms with E-state index < -0.39 is 0 Å². The first kappa shape index (κ1) is 9.69. The van der Waals surface area contributed by atoms with Gasteiger partial charge in [0, 0.05) is 17.2 Å². The smallest absolute Gasteiger partial charge is 0.0479 e. The summed E-state index contributed by atoms with van der Waals surface area (Å²) in [6.45, 7) is 4.52. The highest BCUT2D eigenvalue weighted by Crippen LogP contribution is 2.25. The lowest BCUT2D eigenvalue weighted by Crippen LogP contribution is -2.40. The van der Waals surface area contributed by atoms with Crippen LogP contribution in [0.3, 0.4) is 0 Å². The van der Waals surface area contributed by atoms with Crippen LogP contribution < -0.4 is 0 Å². The van der Waals surface area contributed by atoms with E-state index in [0.29, 0.717) is 10.6 Å². The molecule has 0 aromatic rings. The van der Waals surface area contributed by atoms with E-state index in [0.717, 1.165) is 19.5 Å². The van der Waals surface area contributed by atoms with Crippen LogP contribution in [0, 0.1) is 0 Å². The molecule has 0 spiro atoms. The van der Waals surface area contributed by atoms with Gasteiger partial charge in [-0.05, 0) is 25.8 Å². The molecule has 11 heavy (non-hydrogen) atoms. The normalized spacial score (nSPS) is 34.1. The summed E-state index contributed by atoms with van der Waals surface area (Å²) in [5.74, 6) is 1.18. The summed E-state index contributed by atoms with van der Waals surface area (Å²) in [4.78, 5) is 2.37. The van der Waals surface area contributed by atoms with Crippen molar-refractivity contribution in [1.82, 2.24) is 4.90 Å². The Balaban J connectivity index is 2.34. The largest absolute Gasteiger partial charge is 0.305 e. The Morgan fingerprint density at radius 2 is 2.36 bits per heavy atom. The van der Waals surface area contributed by atoms with Gasteiger partial charge in [-0.25, -0.2) is 0 Å². The van der Waals surface area contributed by atoms with E-state index in [4.69, 9.17) is 11.6 Å². The van der Waals surface area contributed by atoms with Gasteiger partial charge in [0.2, 0.25) is 0 Å². The molecule has 1 saturated heterocycles. The van der Waals surface area contributed by atoms with Crippen molar-refractivity contribution in [3.63, 3.8) is 0 Å². The van der Waals surface area contributed by atoms with Crippen molar-refractivity contribution in [3.05, 3.63) is 0 Å². The molecule has 0 amide bonds. The van der Waals surface area contributed by atoms with Gasteiger partial charge in [-0.2, -0.15) is 11.8 Å². The van der Waals surface area contributed by atoms with Gasteiger partial charge >= 0.3 is 0 Å². The van der Waals surface area contributed by atoms with Gasteiger partial charge < -0.3 is 4.90 Å². The fourth-order valence-corrected chi connectivity index (χ4v) is 2.94. The van der Waals surface area contributed by atoms with Gasteiger partial charge in [-0.15, -0.1) is 11.6 Å². The minimum absolute atomic E-state index is 0.399. The van der Waals surface area contributed by atoms with Crippen LogP contribution in [0.15, 0.2) is 0 Å². The van der Waals surface area contributed by atoms with Crippen LogP contribution >= 0.6 is 23.4 Å². The van der Waals surface area contributed by atoms with Gasteiger partial charge in [0.1, 0.15) is 0 Å². The molecule has 2 unspecified atom stereocenters. The van der Waals surface area contributed by atoms with Crippen molar-refractivity contribution in [2.45, 2.75) is 24.0 Å². The summed E-state index contributed by atoms with van der Waals surface area (Å²) < 4.78 is 0. The number of rotatable bonds is 2. The first-order chi connectivity index (χ1) is 5.24. The van der Waals surface area contributed by atoms with E-state index in [9.17, 15) is 0 Å². The molecule has 0 aromatic carbocycles. The summed E-state index contributed by atoms with van der Waals surface area (Å²) in [6.07, 6.45) is 1.15. The van der Waals surface area contributed by atoms with Crippen molar-refractivity contribution in [3.8, 4) is 0 Å². The second-order valence-electron chi connectivity index (χ2n) is 3.06. The quantitative estimate of drug-likeness (QED) is 0.618. The van der Waals surface area contributed by atoms with Crippen molar-refractivity contribution in [1.29, 1.82) is 0 Å². The van der Waals surface area contributed by atoms with Gasteiger partial charge in [-0.3, -0.25) is 0 Å². The van der Waals surface area contributed by atoms with Crippen molar-refractivity contribution in [2.24, 2.45) is 0 Å². The zero-order valence-corrected chi connectivity index (χ0v) is 8.79. The maximum absolute atomic E-state index is 6.18.